The Morgan fingerprint density at radius 3 is 3.07 bits per heavy atom. The van der Waals surface area contributed by atoms with E-state index < -0.39 is 0 Å². The van der Waals surface area contributed by atoms with Crippen LogP contribution in [0.1, 0.15) is 11.8 Å². The summed E-state index contributed by atoms with van der Waals surface area (Å²) in [4.78, 5) is 3.96. The molecular weight excluding hydrogens is 296 g/mol. The molecule has 2 nitrogen and oxygen atoms in total. The van der Waals surface area contributed by atoms with Gasteiger partial charge in [-0.15, -0.1) is 23.7 Å². The predicted octanol–water partition coefficient (Wildman–Crippen LogP) is 2.73. The molecular formula is C10H16BrClN2S. The van der Waals surface area contributed by atoms with E-state index in [1.165, 1.54) is 15.9 Å². The van der Waals surface area contributed by atoms with E-state index >= 15 is 0 Å². The molecule has 1 N–H and O–H groups in total. The summed E-state index contributed by atoms with van der Waals surface area (Å²) >= 11 is 5.32. The van der Waals surface area contributed by atoms with E-state index in [-0.39, 0.29) is 12.4 Å². The van der Waals surface area contributed by atoms with E-state index in [2.05, 4.69) is 44.5 Å². The zero-order chi connectivity index (χ0) is 9.97. The summed E-state index contributed by atoms with van der Waals surface area (Å²) in [5.74, 6) is 0. The lowest BCUT2D eigenvalue weighted by atomic mass is 10.2. The minimum Gasteiger partial charge on any atom is -0.312 e. The van der Waals surface area contributed by atoms with Gasteiger partial charge in [0.25, 0.3) is 0 Å². The van der Waals surface area contributed by atoms with Crippen molar-refractivity contribution < 1.29 is 0 Å². The molecule has 0 aliphatic carbocycles. The maximum atomic E-state index is 3.49. The molecule has 1 aromatic heterocycles. The molecule has 5 heteroatoms. The van der Waals surface area contributed by atoms with Crippen LogP contribution in [0.2, 0.25) is 0 Å². The fourth-order valence-corrected chi connectivity index (χ4v) is 3.31. The standard InChI is InChI=1S/C10H15BrN2S.ClH/c1-8-5-13(3-2-12-8)6-10-4-9(11)7-14-10;/h4,7-8,12H,2-3,5-6H2,1H3;1H/t8-;/m0./s1. The number of rotatable bonds is 2. The van der Waals surface area contributed by atoms with Crippen molar-refractivity contribution in [2.75, 3.05) is 19.6 Å². The summed E-state index contributed by atoms with van der Waals surface area (Å²) in [6.07, 6.45) is 0. The normalized spacial score (nSPS) is 22.4. The van der Waals surface area contributed by atoms with Crippen LogP contribution >= 0.6 is 39.7 Å². The summed E-state index contributed by atoms with van der Waals surface area (Å²) in [5.41, 5.74) is 0. The molecule has 0 saturated carbocycles. The first-order valence-corrected chi connectivity index (χ1v) is 6.60. The molecule has 1 aliphatic heterocycles. The van der Waals surface area contributed by atoms with Gasteiger partial charge in [0.2, 0.25) is 0 Å². The minimum atomic E-state index is 0. The molecule has 1 atom stereocenters. The van der Waals surface area contributed by atoms with Crippen molar-refractivity contribution in [2.24, 2.45) is 0 Å². The van der Waals surface area contributed by atoms with Gasteiger partial charge in [0, 0.05) is 47.0 Å². The van der Waals surface area contributed by atoms with Gasteiger partial charge in [0.15, 0.2) is 0 Å². The molecule has 1 saturated heterocycles. The second-order valence-corrected chi connectivity index (χ2v) is 5.73. The van der Waals surface area contributed by atoms with Crippen LogP contribution in [0.25, 0.3) is 0 Å². The number of nitrogens with zero attached hydrogens (tertiary/aromatic N) is 1. The van der Waals surface area contributed by atoms with Gasteiger partial charge in [-0.05, 0) is 28.9 Å². The van der Waals surface area contributed by atoms with Crippen LogP contribution in [0.3, 0.4) is 0 Å². The molecule has 2 heterocycles. The van der Waals surface area contributed by atoms with Crippen LogP contribution < -0.4 is 5.32 Å². The van der Waals surface area contributed by atoms with Crippen molar-refractivity contribution in [3.8, 4) is 0 Å². The maximum absolute atomic E-state index is 3.49. The van der Waals surface area contributed by atoms with E-state index in [1.54, 1.807) is 0 Å². The fourth-order valence-electron chi connectivity index (χ4n) is 1.81. The number of nitrogens with one attached hydrogen (secondary N) is 1. The van der Waals surface area contributed by atoms with Crippen LogP contribution in [-0.4, -0.2) is 30.6 Å². The van der Waals surface area contributed by atoms with Crippen LogP contribution in [0.15, 0.2) is 15.9 Å². The molecule has 0 unspecified atom stereocenters. The van der Waals surface area contributed by atoms with Gasteiger partial charge < -0.3 is 5.32 Å². The lowest BCUT2D eigenvalue weighted by Gasteiger charge is -2.31. The van der Waals surface area contributed by atoms with Gasteiger partial charge in [0.1, 0.15) is 0 Å². The third-order valence-electron chi connectivity index (χ3n) is 2.45. The van der Waals surface area contributed by atoms with Gasteiger partial charge in [-0.25, -0.2) is 0 Å². The SMILES string of the molecule is C[C@H]1CN(Cc2cc(Br)cs2)CCN1.Cl. The lowest BCUT2D eigenvalue weighted by molar-refractivity contribution is 0.201. The summed E-state index contributed by atoms with van der Waals surface area (Å²) in [6.45, 7) is 6.79. The van der Waals surface area contributed by atoms with Crippen molar-refractivity contribution >= 4 is 39.7 Å². The Hall–Kier alpha value is 0.390. The van der Waals surface area contributed by atoms with Crippen molar-refractivity contribution in [2.45, 2.75) is 19.5 Å². The maximum Gasteiger partial charge on any atom is 0.0329 e. The van der Waals surface area contributed by atoms with Crippen LogP contribution in [0.5, 0.6) is 0 Å². The van der Waals surface area contributed by atoms with Gasteiger partial charge in [0.05, 0.1) is 0 Å². The number of piperazine rings is 1. The number of hydrogen-bond acceptors (Lipinski definition) is 3. The Bertz CT molecular complexity index is 305. The largest absolute Gasteiger partial charge is 0.312 e. The Balaban J connectivity index is 0.00000112. The Morgan fingerprint density at radius 2 is 2.47 bits per heavy atom. The molecule has 0 aromatic carbocycles. The van der Waals surface area contributed by atoms with Gasteiger partial charge in [-0.3, -0.25) is 4.90 Å². The zero-order valence-electron chi connectivity index (χ0n) is 8.70. The van der Waals surface area contributed by atoms with Crippen LogP contribution in [0, 0.1) is 0 Å². The Labute approximate surface area is 110 Å². The Kier molecular flexibility index (Phi) is 5.57. The molecule has 86 valence electrons. The van der Waals surface area contributed by atoms with Gasteiger partial charge in [-0.2, -0.15) is 0 Å². The summed E-state index contributed by atoms with van der Waals surface area (Å²) < 4.78 is 1.21. The number of thiophene rings is 1. The second-order valence-electron chi connectivity index (χ2n) is 3.82. The summed E-state index contributed by atoms with van der Waals surface area (Å²) in [6, 6.07) is 2.85. The van der Waals surface area contributed by atoms with Crippen LogP contribution in [-0.2, 0) is 6.54 Å². The average Bonchev–Trinajstić information content (AvgIpc) is 2.51. The van der Waals surface area contributed by atoms with E-state index in [4.69, 9.17) is 0 Å². The first-order chi connectivity index (χ1) is 6.74. The molecule has 0 spiro atoms. The first-order valence-electron chi connectivity index (χ1n) is 4.92. The van der Waals surface area contributed by atoms with Crippen molar-refractivity contribution in [1.29, 1.82) is 0 Å². The highest BCUT2D eigenvalue weighted by molar-refractivity contribution is 9.10. The monoisotopic (exact) mass is 310 g/mol. The molecule has 0 bridgehead atoms. The minimum absolute atomic E-state index is 0. The second kappa shape index (κ2) is 6.21. The highest BCUT2D eigenvalue weighted by atomic mass is 79.9. The molecule has 0 radical (unpaired) electrons. The summed E-state index contributed by atoms with van der Waals surface area (Å²) in [5, 5.41) is 5.61. The van der Waals surface area contributed by atoms with E-state index in [0.29, 0.717) is 6.04 Å². The smallest absolute Gasteiger partial charge is 0.0329 e. The third-order valence-corrected chi connectivity index (χ3v) is 4.14. The van der Waals surface area contributed by atoms with Crippen LogP contribution in [0.4, 0.5) is 0 Å². The topological polar surface area (TPSA) is 15.3 Å². The molecule has 1 aromatic rings. The quantitative estimate of drug-likeness (QED) is 0.903. The highest BCUT2D eigenvalue weighted by Gasteiger charge is 2.15. The third kappa shape index (κ3) is 4.04. The van der Waals surface area contributed by atoms with E-state index in [1.807, 2.05) is 11.3 Å². The van der Waals surface area contributed by atoms with E-state index in [9.17, 15) is 0 Å². The first kappa shape index (κ1) is 13.5. The average molecular weight is 312 g/mol. The van der Waals surface area contributed by atoms with E-state index in [0.717, 1.165) is 19.6 Å². The van der Waals surface area contributed by atoms with Crippen molar-refractivity contribution in [3.63, 3.8) is 0 Å². The fraction of sp³-hybridized carbons (Fsp3) is 0.600. The molecule has 2 rings (SSSR count). The number of hydrogen-bond donors (Lipinski definition) is 1. The molecule has 0 amide bonds. The lowest BCUT2D eigenvalue weighted by Crippen LogP contribution is -2.48. The molecule has 1 fully saturated rings. The van der Waals surface area contributed by atoms with Crippen molar-refractivity contribution in [1.82, 2.24) is 10.2 Å². The number of halogens is 2. The predicted molar refractivity (Wildman–Crippen MR) is 72.0 cm³/mol. The highest BCUT2D eigenvalue weighted by Crippen LogP contribution is 2.21. The van der Waals surface area contributed by atoms with Crippen molar-refractivity contribution in [3.05, 3.63) is 20.8 Å². The Morgan fingerprint density at radius 1 is 1.67 bits per heavy atom. The zero-order valence-corrected chi connectivity index (χ0v) is 11.9. The van der Waals surface area contributed by atoms with Gasteiger partial charge in [-0.1, -0.05) is 0 Å². The van der Waals surface area contributed by atoms with Gasteiger partial charge >= 0.3 is 0 Å². The molecule has 15 heavy (non-hydrogen) atoms. The molecule has 1 aliphatic rings. The summed E-state index contributed by atoms with van der Waals surface area (Å²) in [7, 11) is 0.